The van der Waals surface area contributed by atoms with E-state index in [1.807, 2.05) is 13.8 Å². The third-order valence-electron chi connectivity index (χ3n) is 4.65. The first-order valence-corrected chi connectivity index (χ1v) is 9.00. The minimum atomic E-state index is -3.21. The van der Waals surface area contributed by atoms with Crippen LogP contribution in [0.15, 0.2) is 12.3 Å². The number of nitrogens with zero attached hydrogens (tertiary/aromatic N) is 3. The summed E-state index contributed by atoms with van der Waals surface area (Å²) in [7, 11) is -3.21. The van der Waals surface area contributed by atoms with Gasteiger partial charge in [0.25, 0.3) is 0 Å². The van der Waals surface area contributed by atoms with Gasteiger partial charge in [-0.05, 0) is 25.8 Å². The first-order chi connectivity index (χ1) is 10.3. The molecule has 22 heavy (non-hydrogen) atoms. The summed E-state index contributed by atoms with van der Waals surface area (Å²) in [6, 6.07) is 1.59. The Kier molecular flexibility index (Phi) is 4.42. The van der Waals surface area contributed by atoms with Crippen molar-refractivity contribution in [1.29, 1.82) is 0 Å². The molecule has 7 nitrogen and oxygen atoms in total. The number of anilines is 1. The van der Waals surface area contributed by atoms with Crippen LogP contribution in [-0.2, 0) is 9.84 Å². The van der Waals surface area contributed by atoms with Crippen molar-refractivity contribution >= 4 is 21.3 Å². The maximum Gasteiger partial charge on any atom is 0.314 e. The van der Waals surface area contributed by atoms with E-state index in [4.69, 9.17) is 0 Å². The number of sulfone groups is 1. The number of aryl methyl sites for hydroxylation is 1. The quantitative estimate of drug-likeness (QED) is 0.621. The summed E-state index contributed by atoms with van der Waals surface area (Å²) in [5.41, 5.74) is 0.491. The van der Waals surface area contributed by atoms with Crippen LogP contribution in [0.1, 0.15) is 32.3 Å². The lowest BCUT2D eigenvalue weighted by molar-refractivity contribution is -0.384. The van der Waals surface area contributed by atoms with Crippen LogP contribution in [0.5, 0.6) is 0 Å². The van der Waals surface area contributed by atoms with Crippen molar-refractivity contribution in [2.24, 2.45) is 0 Å². The highest BCUT2D eigenvalue weighted by Crippen LogP contribution is 2.36. The van der Waals surface area contributed by atoms with E-state index >= 15 is 0 Å². The van der Waals surface area contributed by atoms with Crippen molar-refractivity contribution < 1.29 is 13.3 Å². The van der Waals surface area contributed by atoms with Gasteiger partial charge in [0.1, 0.15) is 0 Å². The number of hydrogen-bond acceptors (Lipinski definition) is 6. The van der Waals surface area contributed by atoms with Gasteiger partial charge in [0.05, 0.1) is 15.4 Å². The molecule has 0 saturated carbocycles. The maximum atomic E-state index is 12.4. The summed E-state index contributed by atoms with van der Waals surface area (Å²) < 4.78 is 24.0. The Balaban J connectivity index is 2.49. The van der Waals surface area contributed by atoms with Crippen molar-refractivity contribution in [2.75, 3.05) is 23.7 Å². The lowest BCUT2D eigenvalue weighted by atomic mass is 10.0. The van der Waals surface area contributed by atoms with E-state index in [1.165, 1.54) is 6.20 Å². The van der Waals surface area contributed by atoms with Gasteiger partial charge >= 0.3 is 5.69 Å². The molecule has 0 aliphatic carbocycles. The average Bonchev–Trinajstić information content (AvgIpc) is 2.46. The van der Waals surface area contributed by atoms with Gasteiger partial charge in [-0.1, -0.05) is 13.8 Å². The Bertz CT molecular complexity index is 683. The standard InChI is InChI=1S/C14H21N3O4S/c1-4-14(5-2)10-16(8-9-22(14,20)21)13-12(17(18)19)11(3)6-7-15-13/h6-7H,4-5,8-10H2,1-3H3. The second-order valence-electron chi connectivity index (χ2n) is 5.69. The average molecular weight is 327 g/mol. The van der Waals surface area contributed by atoms with E-state index in [0.717, 1.165) is 0 Å². The van der Waals surface area contributed by atoms with Crippen LogP contribution in [-0.4, -0.2) is 41.9 Å². The van der Waals surface area contributed by atoms with Crippen molar-refractivity contribution in [1.82, 2.24) is 4.98 Å². The molecule has 0 N–H and O–H groups in total. The zero-order valence-corrected chi connectivity index (χ0v) is 13.9. The highest BCUT2D eigenvalue weighted by Gasteiger charge is 2.46. The highest BCUT2D eigenvalue weighted by atomic mass is 32.2. The van der Waals surface area contributed by atoms with Crippen molar-refractivity contribution in [3.05, 3.63) is 27.9 Å². The van der Waals surface area contributed by atoms with Gasteiger partial charge in [-0.2, -0.15) is 0 Å². The van der Waals surface area contributed by atoms with Crippen LogP contribution in [0, 0.1) is 17.0 Å². The third-order valence-corrected chi connectivity index (χ3v) is 7.39. The Morgan fingerprint density at radius 2 is 2.05 bits per heavy atom. The molecule has 0 atom stereocenters. The highest BCUT2D eigenvalue weighted by molar-refractivity contribution is 7.92. The number of rotatable bonds is 4. The molecule has 0 amide bonds. The monoisotopic (exact) mass is 327 g/mol. The maximum absolute atomic E-state index is 12.4. The Labute approximate surface area is 130 Å². The zero-order valence-electron chi connectivity index (χ0n) is 13.1. The molecule has 1 fully saturated rings. The predicted octanol–water partition coefficient (Wildman–Crippen LogP) is 2.09. The molecule has 0 spiro atoms. The van der Waals surface area contributed by atoms with Crippen molar-refractivity contribution in [3.8, 4) is 0 Å². The molecule has 0 unspecified atom stereocenters. The van der Waals surface area contributed by atoms with Gasteiger partial charge in [0.2, 0.25) is 5.82 Å². The first kappa shape index (κ1) is 16.7. The van der Waals surface area contributed by atoms with Gasteiger partial charge in [-0.25, -0.2) is 13.4 Å². The first-order valence-electron chi connectivity index (χ1n) is 7.35. The normalized spacial score (nSPS) is 19.9. The summed E-state index contributed by atoms with van der Waals surface area (Å²) in [6.07, 6.45) is 2.50. The fraction of sp³-hybridized carbons (Fsp3) is 0.643. The molecule has 122 valence electrons. The van der Waals surface area contributed by atoms with Crippen LogP contribution in [0.3, 0.4) is 0 Å². The lowest BCUT2D eigenvalue weighted by Crippen LogP contribution is -2.56. The van der Waals surface area contributed by atoms with Gasteiger partial charge < -0.3 is 4.90 Å². The van der Waals surface area contributed by atoms with Gasteiger partial charge in [0.15, 0.2) is 9.84 Å². The topological polar surface area (TPSA) is 93.4 Å². The SMILES string of the molecule is CCC1(CC)CN(c2nccc(C)c2[N+](=O)[O-])CCS1(=O)=O. The largest absolute Gasteiger partial charge is 0.348 e. The van der Waals surface area contributed by atoms with E-state index in [1.54, 1.807) is 17.9 Å². The molecule has 0 aromatic carbocycles. The minimum Gasteiger partial charge on any atom is -0.348 e. The molecule has 8 heteroatoms. The van der Waals surface area contributed by atoms with Crippen LogP contribution >= 0.6 is 0 Å². The summed E-state index contributed by atoms with van der Waals surface area (Å²) in [6.45, 7) is 5.85. The third kappa shape index (κ3) is 2.55. The van der Waals surface area contributed by atoms with E-state index < -0.39 is 19.5 Å². The number of hydrogen-bond donors (Lipinski definition) is 0. The number of pyridine rings is 1. The van der Waals surface area contributed by atoms with Gasteiger partial charge in [-0.3, -0.25) is 10.1 Å². The second-order valence-corrected chi connectivity index (χ2v) is 8.19. The van der Waals surface area contributed by atoms with Gasteiger partial charge in [0, 0.05) is 24.8 Å². The Morgan fingerprint density at radius 3 is 2.59 bits per heavy atom. The van der Waals surface area contributed by atoms with Crippen LogP contribution in [0.2, 0.25) is 0 Å². The van der Waals surface area contributed by atoms with E-state index in [0.29, 0.717) is 18.4 Å². The van der Waals surface area contributed by atoms with E-state index in [2.05, 4.69) is 4.98 Å². The van der Waals surface area contributed by atoms with Crippen molar-refractivity contribution in [2.45, 2.75) is 38.4 Å². The van der Waals surface area contributed by atoms with E-state index in [9.17, 15) is 18.5 Å². The van der Waals surface area contributed by atoms with Crippen molar-refractivity contribution in [3.63, 3.8) is 0 Å². The molecule has 1 aliphatic heterocycles. The summed E-state index contributed by atoms with van der Waals surface area (Å²) >= 11 is 0. The van der Waals surface area contributed by atoms with E-state index in [-0.39, 0.29) is 30.3 Å². The molecule has 2 heterocycles. The van der Waals surface area contributed by atoms with Crippen LogP contribution < -0.4 is 4.90 Å². The second kappa shape index (κ2) is 5.83. The Hall–Kier alpha value is -1.70. The van der Waals surface area contributed by atoms with Crippen LogP contribution in [0.25, 0.3) is 0 Å². The summed E-state index contributed by atoms with van der Waals surface area (Å²) in [5.74, 6) is 0.271. The molecule has 2 rings (SSSR count). The number of nitro groups is 1. The molecule has 1 aromatic heterocycles. The number of aromatic nitrogens is 1. The van der Waals surface area contributed by atoms with Gasteiger partial charge in [-0.15, -0.1) is 0 Å². The predicted molar refractivity (Wildman–Crippen MR) is 84.9 cm³/mol. The van der Waals surface area contributed by atoms with Crippen LogP contribution in [0.4, 0.5) is 11.5 Å². The molecule has 1 aliphatic rings. The molecular weight excluding hydrogens is 306 g/mol. The smallest absolute Gasteiger partial charge is 0.314 e. The Morgan fingerprint density at radius 1 is 1.41 bits per heavy atom. The summed E-state index contributed by atoms with van der Waals surface area (Å²) in [4.78, 5) is 16.8. The fourth-order valence-electron chi connectivity index (χ4n) is 3.06. The fourth-order valence-corrected chi connectivity index (χ4v) is 5.19. The molecule has 1 saturated heterocycles. The summed E-state index contributed by atoms with van der Waals surface area (Å²) in [5, 5.41) is 11.3. The minimum absolute atomic E-state index is 0.00144. The molecular formula is C14H21N3O4S. The molecule has 0 radical (unpaired) electrons. The molecule has 0 bridgehead atoms. The lowest BCUT2D eigenvalue weighted by Gasteiger charge is -2.41. The molecule has 1 aromatic rings. The zero-order chi connectivity index (χ0) is 16.5.